The molecule has 0 aromatic heterocycles. The highest BCUT2D eigenvalue weighted by atomic mass is 19.2. The van der Waals surface area contributed by atoms with Crippen LogP contribution in [0, 0.1) is 11.6 Å². The van der Waals surface area contributed by atoms with Crippen molar-refractivity contribution in [2.24, 2.45) is 0 Å². The van der Waals surface area contributed by atoms with Crippen LogP contribution < -0.4 is 0 Å². The number of methoxy groups -OCH3 is 1. The van der Waals surface area contributed by atoms with E-state index in [2.05, 4.69) is 0 Å². The average molecular weight is 228 g/mol. The zero-order valence-corrected chi connectivity index (χ0v) is 9.04. The Balaban J connectivity index is 2.26. The Bertz CT molecular complexity index is 383. The third kappa shape index (κ3) is 1.72. The highest BCUT2D eigenvalue weighted by Gasteiger charge is 2.44. The predicted molar refractivity (Wildman–Crippen MR) is 54.9 cm³/mol. The molecule has 1 aliphatic rings. The second-order valence-electron chi connectivity index (χ2n) is 4.20. The molecule has 2 rings (SSSR count). The maximum atomic E-state index is 13.0. The first-order valence-electron chi connectivity index (χ1n) is 5.27. The molecular formula is C12H14F2O2. The first-order valence-corrected chi connectivity index (χ1v) is 5.27. The number of hydrogen-bond donors (Lipinski definition) is 1. The van der Waals surface area contributed by atoms with E-state index in [1.54, 1.807) is 0 Å². The second-order valence-corrected chi connectivity index (χ2v) is 4.20. The summed E-state index contributed by atoms with van der Waals surface area (Å²) in [5.41, 5.74) is -0.259. The van der Waals surface area contributed by atoms with E-state index in [1.807, 2.05) is 0 Å². The highest BCUT2D eigenvalue weighted by molar-refractivity contribution is 5.23. The summed E-state index contributed by atoms with van der Waals surface area (Å²) in [7, 11) is 1.53. The van der Waals surface area contributed by atoms with E-state index in [0.717, 1.165) is 31.4 Å². The smallest absolute Gasteiger partial charge is 0.159 e. The van der Waals surface area contributed by atoms with Crippen LogP contribution in [-0.2, 0) is 4.74 Å². The van der Waals surface area contributed by atoms with E-state index in [0.29, 0.717) is 5.56 Å². The van der Waals surface area contributed by atoms with E-state index in [1.165, 1.54) is 13.2 Å². The van der Waals surface area contributed by atoms with E-state index < -0.39 is 23.3 Å². The van der Waals surface area contributed by atoms with Crippen LogP contribution in [0.1, 0.15) is 30.9 Å². The maximum Gasteiger partial charge on any atom is 0.159 e. The van der Waals surface area contributed by atoms with Crippen molar-refractivity contribution in [3.05, 3.63) is 35.4 Å². The summed E-state index contributed by atoms with van der Waals surface area (Å²) in [5, 5.41) is 10.1. The first kappa shape index (κ1) is 11.5. The fraction of sp³-hybridized carbons (Fsp3) is 0.500. The second kappa shape index (κ2) is 4.11. The zero-order chi connectivity index (χ0) is 11.8. The Labute approximate surface area is 92.9 Å². The van der Waals surface area contributed by atoms with Crippen LogP contribution in [0.5, 0.6) is 0 Å². The Morgan fingerprint density at radius 3 is 2.44 bits per heavy atom. The van der Waals surface area contributed by atoms with E-state index >= 15 is 0 Å². The number of benzene rings is 1. The van der Waals surface area contributed by atoms with Gasteiger partial charge < -0.3 is 9.84 Å². The molecule has 0 radical (unpaired) electrons. The lowest BCUT2D eigenvalue weighted by molar-refractivity contribution is -0.151. The topological polar surface area (TPSA) is 29.5 Å². The molecule has 0 saturated heterocycles. The van der Waals surface area contributed by atoms with Crippen molar-refractivity contribution >= 4 is 0 Å². The monoisotopic (exact) mass is 228 g/mol. The molecule has 1 fully saturated rings. The normalized spacial score (nSPS) is 20.2. The zero-order valence-electron chi connectivity index (χ0n) is 9.04. The lowest BCUT2D eigenvalue weighted by Gasteiger charge is -2.44. The van der Waals surface area contributed by atoms with Gasteiger partial charge in [-0.05, 0) is 37.0 Å². The number of aliphatic hydroxyl groups excluding tert-OH is 1. The Hall–Kier alpha value is -1.00. The van der Waals surface area contributed by atoms with Gasteiger partial charge in [0.2, 0.25) is 0 Å². The summed E-state index contributed by atoms with van der Waals surface area (Å²) in [6, 6.07) is 3.44. The summed E-state index contributed by atoms with van der Waals surface area (Å²) in [4.78, 5) is 0. The van der Waals surface area contributed by atoms with Crippen molar-refractivity contribution in [2.75, 3.05) is 7.11 Å². The van der Waals surface area contributed by atoms with Gasteiger partial charge in [0.05, 0.1) is 5.60 Å². The van der Waals surface area contributed by atoms with Gasteiger partial charge in [-0.25, -0.2) is 8.78 Å². The molecule has 1 unspecified atom stereocenters. The standard InChI is InChI=1S/C12H14F2O2/c1-16-12(5-2-6-12)11(15)8-3-4-9(13)10(14)7-8/h3-4,7,11,15H,2,5-6H2,1H3. The molecule has 4 heteroatoms. The van der Waals surface area contributed by atoms with Crippen molar-refractivity contribution in [2.45, 2.75) is 31.0 Å². The van der Waals surface area contributed by atoms with Crippen molar-refractivity contribution in [1.29, 1.82) is 0 Å². The van der Waals surface area contributed by atoms with Gasteiger partial charge in [0, 0.05) is 7.11 Å². The van der Waals surface area contributed by atoms with Gasteiger partial charge in [0.1, 0.15) is 6.10 Å². The summed E-state index contributed by atoms with van der Waals surface area (Å²) in [6.07, 6.45) is 1.56. The van der Waals surface area contributed by atoms with E-state index in [9.17, 15) is 13.9 Å². The maximum absolute atomic E-state index is 13.0. The summed E-state index contributed by atoms with van der Waals surface area (Å²) in [5.74, 6) is -1.85. The largest absolute Gasteiger partial charge is 0.385 e. The Morgan fingerprint density at radius 1 is 1.31 bits per heavy atom. The number of ether oxygens (including phenoxy) is 1. The fourth-order valence-electron chi connectivity index (χ4n) is 2.10. The quantitative estimate of drug-likeness (QED) is 0.861. The molecule has 1 atom stereocenters. The van der Waals surface area contributed by atoms with Crippen LogP contribution in [-0.4, -0.2) is 17.8 Å². The van der Waals surface area contributed by atoms with Crippen LogP contribution in [0.25, 0.3) is 0 Å². The number of halogens is 2. The summed E-state index contributed by atoms with van der Waals surface area (Å²) in [6.45, 7) is 0. The predicted octanol–water partition coefficient (Wildman–Crippen LogP) is 2.57. The number of hydrogen-bond acceptors (Lipinski definition) is 2. The van der Waals surface area contributed by atoms with Crippen LogP contribution in [0.4, 0.5) is 8.78 Å². The molecule has 1 aliphatic carbocycles. The van der Waals surface area contributed by atoms with Gasteiger partial charge in [-0.15, -0.1) is 0 Å². The van der Waals surface area contributed by atoms with Crippen LogP contribution in [0.15, 0.2) is 18.2 Å². The SMILES string of the molecule is COC1(C(O)c2ccc(F)c(F)c2)CCC1. The molecule has 1 N–H and O–H groups in total. The summed E-state index contributed by atoms with van der Waals surface area (Å²) < 4.78 is 31.1. The van der Waals surface area contributed by atoms with Gasteiger partial charge in [-0.3, -0.25) is 0 Å². The molecule has 0 aliphatic heterocycles. The third-order valence-electron chi connectivity index (χ3n) is 3.36. The lowest BCUT2D eigenvalue weighted by atomic mass is 9.73. The molecule has 2 nitrogen and oxygen atoms in total. The Kier molecular flexibility index (Phi) is 2.95. The van der Waals surface area contributed by atoms with Gasteiger partial charge in [0.25, 0.3) is 0 Å². The van der Waals surface area contributed by atoms with Gasteiger partial charge in [0.15, 0.2) is 11.6 Å². The molecule has 88 valence electrons. The molecular weight excluding hydrogens is 214 g/mol. The van der Waals surface area contributed by atoms with Crippen molar-refractivity contribution in [1.82, 2.24) is 0 Å². The van der Waals surface area contributed by atoms with Crippen molar-refractivity contribution in [3.63, 3.8) is 0 Å². The molecule has 0 heterocycles. The van der Waals surface area contributed by atoms with Crippen molar-refractivity contribution < 1.29 is 18.6 Å². The molecule has 0 bridgehead atoms. The molecule has 0 amide bonds. The minimum atomic E-state index is -0.942. The third-order valence-corrected chi connectivity index (χ3v) is 3.36. The minimum absolute atomic E-state index is 0.362. The van der Waals surface area contributed by atoms with E-state index in [4.69, 9.17) is 4.74 Å². The lowest BCUT2D eigenvalue weighted by Crippen LogP contribution is -2.45. The molecule has 16 heavy (non-hydrogen) atoms. The van der Waals surface area contributed by atoms with Crippen LogP contribution in [0.3, 0.4) is 0 Å². The molecule has 0 spiro atoms. The van der Waals surface area contributed by atoms with Crippen LogP contribution in [0.2, 0.25) is 0 Å². The highest BCUT2D eigenvalue weighted by Crippen LogP contribution is 2.44. The molecule has 1 aromatic rings. The van der Waals surface area contributed by atoms with Crippen LogP contribution >= 0.6 is 0 Å². The number of aliphatic hydroxyl groups is 1. The Morgan fingerprint density at radius 2 is 2.00 bits per heavy atom. The van der Waals surface area contributed by atoms with E-state index in [-0.39, 0.29) is 0 Å². The molecule has 1 saturated carbocycles. The van der Waals surface area contributed by atoms with Gasteiger partial charge >= 0.3 is 0 Å². The fourth-order valence-corrected chi connectivity index (χ4v) is 2.10. The average Bonchev–Trinajstić information content (AvgIpc) is 2.21. The van der Waals surface area contributed by atoms with Gasteiger partial charge in [-0.1, -0.05) is 6.07 Å². The first-order chi connectivity index (χ1) is 7.59. The number of rotatable bonds is 3. The van der Waals surface area contributed by atoms with Gasteiger partial charge in [-0.2, -0.15) is 0 Å². The summed E-state index contributed by atoms with van der Waals surface area (Å²) >= 11 is 0. The van der Waals surface area contributed by atoms with Crippen molar-refractivity contribution in [3.8, 4) is 0 Å². The molecule has 1 aromatic carbocycles. The minimum Gasteiger partial charge on any atom is -0.385 e.